The van der Waals surface area contributed by atoms with Gasteiger partial charge < -0.3 is 19.9 Å². The zero-order valence-electron chi connectivity index (χ0n) is 18.0. The van der Waals surface area contributed by atoms with Crippen molar-refractivity contribution in [2.24, 2.45) is 23.0 Å². The van der Waals surface area contributed by atoms with E-state index in [-0.39, 0.29) is 11.5 Å². The zero-order chi connectivity index (χ0) is 20.6. The highest BCUT2D eigenvalue weighted by Crippen LogP contribution is 2.62. The summed E-state index contributed by atoms with van der Waals surface area (Å²) in [6.45, 7) is 5.22. The van der Waals surface area contributed by atoms with Gasteiger partial charge in [-0.2, -0.15) is 0 Å². The summed E-state index contributed by atoms with van der Waals surface area (Å²) in [6, 6.07) is 4.46. The third kappa shape index (κ3) is 3.57. The van der Waals surface area contributed by atoms with Gasteiger partial charge in [0.25, 0.3) is 0 Å². The number of benzene rings is 1. The van der Waals surface area contributed by atoms with Gasteiger partial charge in [0, 0.05) is 5.41 Å². The molecule has 3 aliphatic rings. The largest absolute Gasteiger partial charge is 0.493 e. The second-order valence-corrected chi connectivity index (χ2v) is 9.37. The van der Waals surface area contributed by atoms with Crippen LogP contribution in [0.15, 0.2) is 12.1 Å². The quantitative estimate of drug-likeness (QED) is 0.666. The fraction of sp³-hybridized carbons (Fsp3) is 0.708. The van der Waals surface area contributed by atoms with Crippen molar-refractivity contribution in [2.45, 2.75) is 77.2 Å². The lowest BCUT2D eigenvalue weighted by Crippen LogP contribution is -2.45. The van der Waals surface area contributed by atoms with E-state index in [0.29, 0.717) is 17.8 Å². The van der Waals surface area contributed by atoms with Crippen molar-refractivity contribution in [2.75, 3.05) is 13.7 Å². The SMILES string of the molecule is CCCCOc1cc2c(cc1OC)C1CC[C@@]3(C)C(CC[C@@H]3OC(N)=O)C1CC2. The molecule has 2 saturated carbocycles. The van der Waals surface area contributed by atoms with Crippen LogP contribution in [0.3, 0.4) is 0 Å². The number of rotatable bonds is 6. The van der Waals surface area contributed by atoms with E-state index in [1.165, 1.54) is 17.5 Å². The normalized spacial score (nSPS) is 32.7. The number of unbranched alkanes of at least 4 members (excludes halogenated alkanes) is 1. The standard InChI is InChI=1S/C24H35NO4/c1-4-5-12-28-21-13-15-6-7-17-16(18(15)14-20(21)27-3)10-11-24(2)19(17)8-9-22(24)29-23(25)26/h13-14,16-17,19,22H,4-12H2,1-3H3,(H2,25,26)/t16?,17?,19?,22-,24-/m0/s1. The van der Waals surface area contributed by atoms with Crippen molar-refractivity contribution in [1.29, 1.82) is 0 Å². The second kappa shape index (κ2) is 8.08. The van der Waals surface area contributed by atoms with Crippen molar-refractivity contribution in [3.05, 3.63) is 23.3 Å². The van der Waals surface area contributed by atoms with Crippen LogP contribution in [0.25, 0.3) is 0 Å². The smallest absolute Gasteiger partial charge is 0.404 e. The number of ether oxygens (including phenoxy) is 3. The Hall–Kier alpha value is -1.91. The molecule has 1 aromatic carbocycles. The number of methoxy groups -OCH3 is 1. The highest BCUT2D eigenvalue weighted by Gasteiger charge is 2.56. The summed E-state index contributed by atoms with van der Waals surface area (Å²) >= 11 is 0. The van der Waals surface area contributed by atoms with Gasteiger partial charge in [-0.1, -0.05) is 20.3 Å². The molecule has 3 unspecified atom stereocenters. The van der Waals surface area contributed by atoms with E-state index in [2.05, 4.69) is 26.0 Å². The van der Waals surface area contributed by atoms with Crippen LogP contribution in [0, 0.1) is 17.3 Å². The van der Waals surface area contributed by atoms with Crippen molar-refractivity contribution in [1.82, 2.24) is 0 Å². The molecule has 0 spiro atoms. The van der Waals surface area contributed by atoms with E-state index in [1.807, 2.05) is 0 Å². The molecule has 0 heterocycles. The van der Waals surface area contributed by atoms with Crippen LogP contribution in [-0.2, 0) is 11.2 Å². The molecule has 4 rings (SSSR count). The van der Waals surface area contributed by atoms with Gasteiger partial charge in [-0.3, -0.25) is 0 Å². The highest BCUT2D eigenvalue weighted by atomic mass is 16.6. The fourth-order valence-electron chi connectivity index (χ4n) is 6.46. The molecule has 2 N–H and O–H groups in total. The molecular weight excluding hydrogens is 366 g/mol. The maximum absolute atomic E-state index is 11.4. The molecule has 0 aliphatic heterocycles. The number of carbonyl (C=O) groups is 1. The third-order valence-corrected chi connectivity index (χ3v) is 7.94. The van der Waals surface area contributed by atoms with Crippen LogP contribution >= 0.6 is 0 Å². The predicted molar refractivity (Wildman–Crippen MR) is 112 cm³/mol. The summed E-state index contributed by atoms with van der Waals surface area (Å²) in [5, 5.41) is 0. The van der Waals surface area contributed by atoms with Crippen molar-refractivity contribution in [3.63, 3.8) is 0 Å². The first-order valence-electron chi connectivity index (χ1n) is 11.3. The molecular formula is C24H35NO4. The third-order valence-electron chi connectivity index (χ3n) is 7.94. The molecule has 3 aliphatic carbocycles. The maximum Gasteiger partial charge on any atom is 0.404 e. The van der Waals surface area contributed by atoms with Crippen molar-refractivity contribution < 1.29 is 19.0 Å². The van der Waals surface area contributed by atoms with Gasteiger partial charge in [-0.05, 0) is 86.0 Å². The molecule has 160 valence electrons. The summed E-state index contributed by atoms with van der Waals surface area (Å²) in [7, 11) is 1.73. The van der Waals surface area contributed by atoms with Gasteiger partial charge in [-0.25, -0.2) is 4.79 Å². The number of carbonyl (C=O) groups excluding carboxylic acids is 1. The van der Waals surface area contributed by atoms with Crippen LogP contribution in [0.2, 0.25) is 0 Å². The summed E-state index contributed by atoms with van der Waals surface area (Å²) in [5.41, 5.74) is 8.28. The Balaban J connectivity index is 1.58. The molecule has 0 aromatic heterocycles. The number of primary amides is 1. The Morgan fingerprint density at radius 2 is 2.03 bits per heavy atom. The molecule has 1 aromatic rings. The second-order valence-electron chi connectivity index (χ2n) is 9.37. The average Bonchev–Trinajstić information content (AvgIpc) is 3.03. The monoisotopic (exact) mass is 401 g/mol. The highest BCUT2D eigenvalue weighted by molar-refractivity contribution is 5.65. The molecule has 5 atom stereocenters. The molecule has 5 heteroatoms. The van der Waals surface area contributed by atoms with Gasteiger partial charge in [0.2, 0.25) is 0 Å². The molecule has 2 fully saturated rings. The van der Waals surface area contributed by atoms with Crippen molar-refractivity contribution in [3.8, 4) is 11.5 Å². The number of hydrogen-bond donors (Lipinski definition) is 1. The minimum absolute atomic E-state index is 0.0313. The van der Waals surface area contributed by atoms with Gasteiger partial charge in [0.1, 0.15) is 6.10 Å². The lowest BCUT2D eigenvalue weighted by molar-refractivity contribution is -0.0291. The van der Waals surface area contributed by atoms with Crippen molar-refractivity contribution >= 4 is 6.09 Å². The molecule has 0 saturated heterocycles. The van der Waals surface area contributed by atoms with Gasteiger partial charge in [0.05, 0.1) is 13.7 Å². The summed E-state index contributed by atoms with van der Waals surface area (Å²) in [5.74, 6) is 3.53. The Kier molecular flexibility index (Phi) is 5.67. The summed E-state index contributed by atoms with van der Waals surface area (Å²) in [4.78, 5) is 11.4. The first-order chi connectivity index (χ1) is 14.0. The van der Waals surface area contributed by atoms with E-state index in [1.54, 1.807) is 7.11 Å². The Bertz CT molecular complexity index is 763. The Morgan fingerprint density at radius 1 is 1.21 bits per heavy atom. The van der Waals surface area contributed by atoms with E-state index < -0.39 is 6.09 Å². The van der Waals surface area contributed by atoms with Gasteiger partial charge >= 0.3 is 6.09 Å². The fourth-order valence-corrected chi connectivity index (χ4v) is 6.46. The Labute approximate surface area is 174 Å². The van der Waals surface area contributed by atoms with E-state index in [0.717, 1.165) is 63.1 Å². The Morgan fingerprint density at radius 3 is 2.76 bits per heavy atom. The lowest BCUT2D eigenvalue weighted by Gasteiger charge is -2.50. The summed E-state index contributed by atoms with van der Waals surface area (Å²) in [6.07, 6.45) is 8.06. The molecule has 0 bridgehead atoms. The van der Waals surface area contributed by atoms with Crippen LogP contribution in [0.5, 0.6) is 11.5 Å². The van der Waals surface area contributed by atoms with E-state index >= 15 is 0 Å². The van der Waals surface area contributed by atoms with E-state index in [9.17, 15) is 4.79 Å². The minimum atomic E-state index is -0.631. The first kappa shape index (κ1) is 20.4. The topological polar surface area (TPSA) is 70.8 Å². The zero-order valence-corrected chi connectivity index (χ0v) is 18.0. The van der Waals surface area contributed by atoms with Crippen LogP contribution in [-0.4, -0.2) is 25.9 Å². The number of hydrogen-bond acceptors (Lipinski definition) is 4. The number of nitrogens with two attached hydrogens (primary N) is 1. The molecule has 1 amide bonds. The van der Waals surface area contributed by atoms with Gasteiger partial charge in [0.15, 0.2) is 11.5 Å². The van der Waals surface area contributed by atoms with Crippen LogP contribution < -0.4 is 15.2 Å². The molecule has 5 nitrogen and oxygen atoms in total. The average molecular weight is 402 g/mol. The maximum atomic E-state index is 11.4. The lowest BCUT2D eigenvalue weighted by atomic mass is 9.55. The molecule has 29 heavy (non-hydrogen) atoms. The van der Waals surface area contributed by atoms with Crippen LogP contribution in [0.1, 0.15) is 75.8 Å². The number of amides is 1. The van der Waals surface area contributed by atoms with E-state index in [4.69, 9.17) is 19.9 Å². The minimum Gasteiger partial charge on any atom is -0.493 e. The number of aryl methyl sites for hydroxylation is 1. The number of fused-ring (bicyclic) bond motifs is 5. The van der Waals surface area contributed by atoms with Crippen LogP contribution in [0.4, 0.5) is 4.79 Å². The summed E-state index contributed by atoms with van der Waals surface area (Å²) < 4.78 is 17.2. The first-order valence-corrected chi connectivity index (χ1v) is 11.3. The molecule has 0 radical (unpaired) electrons. The predicted octanol–water partition coefficient (Wildman–Crippen LogP) is 5.19. The van der Waals surface area contributed by atoms with Gasteiger partial charge in [-0.15, -0.1) is 0 Å².